The van der Waals surface area contributed by atoms with Crippen molar-refractivity contribution >= 4 is 34.5 Å². The molecule has 1 N–H and O–H groups in total. The van der Waals surface area contributed by atoms with Gasteiger partial charge < -0.3 is 9.73 Å². The Morgan fingerprint density at radius 3 is 2.56 bits per heavy atom. The van der Waals surface area contributed by atoms with Gasteiger partial charge in [0.25, 0.3) is 5.91 Å². The van der Waals surface area contributed by atoms with E-state index in [1.807, 2.05) is 54.6 Å². The van der Waals surface area contributed by atoms with Gasteiger partial charge in [-0.25, -0.2) is 14.6 Å². The zero-order valence-electron chi connectivity index (χ0n) is 17.0. The number of benzene rings is 2. The molecule has 5 aromatic rings. The van der Waals surface area contributed by atoms with Crippen molar-refractivity contribution in [2.75, 3.05) is 5.32 Å². The highest BCUT2D eigenvalue weighted by Gasteiger charge is 2.22. The number of nitrogens with one attached hydrogen (secondary N) is 1. The van der Waals surface area contributed by atoms with Gasteiger partial charge in [0.2, 0.25) is 0 Å². The largest absolute Gasteiger partial charge is 0.451 e. The van der Waals surface area contributed by atoms with Crippen LogP contribution in [-0.2, 0) is 12.3 Å². The van der Waals surface area contributed by atoms with Crippen LogP contribution in [0, 0.1) is 0 Å². The number of hydrogen-bond donors (Lipinski definition) is 1. The van der Waals surface area contributed by atoms with Crippen molar-refractivity contribution in [3.63, 3.8) is 0 Å². The average molecular weight is 442 g/mol. The van der Waals surface area contributed by atoms with Gasteiger partial charge >= 0.3 is 0 Å². The summed E-state index contributed by atoms with van der Waals surface area (Å²) in [4.78, 5) is 21.7. The normalized spacial score (nSPS) is 11.0. The number of carbonyl (C=O) groups is 1. The summed E-state index contributed by atoms with van der Waals surface area (Å²) in [5, 5.41) is 8.85. The van der Waals surface area contributed by atoms with Gasteiger partial charge in [-0.15, -0.1) is 0 Å². The van der Waals surface area contributed by atoms with Gasteiger partial charge in [0, 0.05) is 35.2 Å². The summed E-state index contributed by atoms with van der Waals surface area (Å²) in [6.07, 6.45) is 5.06. The van der Waals surface area contributed by atoms with Crippen LogP contribution in [0.2, 0.25) is 0 Å². The highest BCUT2D eigenvalue weighted by atomic mass is 32.2. The molecule has 0 unspecified atom stereocenters. The van der Waals surface area contributed by atoms with E-state index in [0.29, 0.717) is 28.9 Å². The molecule has 0 saturated carbocycles. The second-order valence-electron chi connectivity index (χ2n) is 7.04. The number of carbonyl (C=O) groups excluding carboxylic acids is 1. The summed E-state index contributed by atoms with van der Waals surface area (Å²) in [6.45, 7) is 0.553. The molecule has 32 heavy (non-hydrogen) atoms. The zero-order valence-corrected chi connectivity index (χ0v) is 17.8. The monoisotopic (exact) mass is 441 g/mol. The lowest BCUT2D eigenvalue weighted by molar-refractivity contribution is 0.0997. The lowest BCUT2D eigenvalue weighted by atomic mass is 10.1. The predicted molar refractivity (Wildman–Crippen MR) is 124 cm³/mol. The maximum Gasteiger partial charge on any atom is 0.292 e. The molecule has 0 fully saturated rings. The van der Waals surface area contributed by atoms with E-state index in [0.717, 1.165) is 16.5 Å². The third-order valence-electron chi connectivity index (χ3n) is 4.93. The third-order valence-corrected chi connectivity index (χ3v) is 5.83. The second-order valence-corrected chi connectivity index (χ2v) is 7.98. The first kappa shape index (κ1) is 20.0. The predicted octanol–water partition coefficient (Wildman–Crippen LogP) is 5.01. The van der Waals surface area contributed by atoms with Gasteiger partial charge in [-0.2, -0.15) is 5.10 Å². The number of thioether (sulfide) groups is 1. The van der Waals surface area contributed by atoms with E-state index in [9.17, 15) is 4.79 Å². The number of rotatable bonds is 7. The van der Waals surface area contributed by atoms with E-state index >= 15 is 0 Å². The number of para-hydroxylation sites is 1. The summed E-state index contributed by atoms with van der Waals surface area (Å²) >= 11 is 1.46. The Morgan fingerprint density at radius 2 is 1.72 bits per heavy atom. The Morgan fingerprint density at radius 1 is 0.938 bits per heavy atom. The summed E-state index contributed by atoms with van der Waals surface area (Å²) < 4.78 is 7.71. The molecule has 8 heteroatoms. The van der Waals surface area contributed by atoms with Gasteiger partial charge in [-0.3, -0.25) is 4.79 Å². The maximum atomic E-state index is 13.2. The standard InChI is InChI=1S/C24H19N5O2S/c30-23(28-21-11-14-27-29(21)15-17-7-2-1-3-8-17)22-19(16-32-24-25-12-6-13-26-24)18-9-4-5-10-20(18)31-22/h1-14H,15-16H2,(H,28,30). The van der Waals surface area contributed by atoms with Crippen molar-refractivity contribution in [2.24, 2.45) is 0 Å². The van der Waals surface area contributed by atoms with Crippen LogP contribution in [0.3, 0.4) is 0 Å². The molecular formula is C24H19N5O2S. The molecule has 7 nitrogen and oxygen atoms in total. The lowest BCUT2D eigenvalue weighted by Crippen LogP contribution is -2.16. The van der Waals surface area contributed by atoms with Crippen LogP contribution in [0.4, 0.5) is 5.82 Å². The topological polar surface area (TPSA) is 85.8 Å². The van der Waals surface area contributed by atoms with Crippen molar-refractivity contribution in [1.82, 2.24) is 19.7 Å². The molecular weight excluding hydrogens is 422 g/mol. The molecule has 3 heterocycles. The summed E-state index contributed by atoms with van der Waals surface area (Å²) in [6, 6.07) is 21.2. The molecule has 0 bridgehead atoms. The van der Waals surface area contributed by atoms with Crippen LogP contribution >= 0.6 is 11.8 Å². The fourth-order valence-electron chi connectivity index (χ4n) is 3.42. The minimum atomic E-state index is -0.319. The van der Waals surface area contributed by atoms with Crippen LogP contribution in [0.1, 0.15) is 21.7 Å². The molecule has 2 aromatic carbocycles. The minimum Gasteiger partial charge on any atom is -0.451 e. The second kappa shape index (κ2) is 9.07. The van der Waals surface area contributed by atoms with Crippen LogP contribution in [-0.4, -0.2) is 25.7 Å². The summed E-state index contributed by atoms with van der Waals surface area (Å²) in [7, 11) is 0. The molecule has 0 atom stereocenters. The zero-order chi connectivity index (χ0) is 21.8. The van der Waals surface area contributed by atoms with Crippen LogP contribution in [0.15, 0.2) is 94.9 Å². The molecule has 158 valence electrons. The van der Waals surface area contributed by atoms with Gasteiger partial charge in [-0.05, 0) is 17.7 Å². The molecule has 3 aromatic heterocycles. The van der Waals surface area contributed by atoms with Crippen molar-refractivity contribution < 1.29 is 9.21 Å². The van der Waals surface area contributed by atoms with Gasteiger partial charge in [0.15, 0.2) is 10.9 Å². The number of furan rings is 1. The number of nitrogens with zero attached hydrogens (tertiary/aromatic N) is 4. The van der Waals surface area contributed by atoms with E-state index < -0.39 is 0 Å². The van der Waals surface area contributed by atoms with Crippen molar-refractivity contribution in [2.45, 2.75) is 17.5 Å². The molecule has 5 rings (SSSR count). The fraction of sp³-hybridized carbons (Fsp3) is 0.0833. The molecule has 0 aliphatic carbocycles. The number of fused-ring (bicyclic) bond motifs is 1. The number of hydrogen-bond acceptors (Lipinski definition) is 6. The Balaban J connectivity index is 1.41. The van der Waals surface area contributed by atoms with Gasteiger partial charge in [-0.1, -0.05) is 60.3 Å². The average Bonchev–Trinajstić information content (AvgIpc) is 3.43. The first-order chi connectivity index (χ1) is 15.8. The highest BCUT2D eigenvalue weighted by molar-refractivity contribution is 7.98. The first-order valence-corrected chi connectivity index (χ1v) is 11.0. The van der Waals surface area contributed by atoms with Crippen LogP contribution in [0.5, 0.6) is 0 Å². The molecule has 0 aliphatic rings. The lowest BCUT2D eigenvalue weighted by Gasteiger charge is -2.09. The Kier molecular flexibility index (Phi) is 5.67. The van der Waals surface area contributed by atoms with E-state index in [4.69, 9.17) is 4.42 Å². The van der Waals surface area contributed by atoms with E-state index in [1.165, 1.54) is 11.8 Å². The Hall–Kier alpha value is -3.91. The maximum absolute atomic E-state index is 13.2. The Labute approximate surface area is 188 Å². The van der Waals surface area contributed by atoms with E-state index in [-0.39, 0.29) is 11.7 Å². The Bertz CT molecular complexity index is 1350. The van der Waals surface area contributed by atoms with E-state index in [2.05, 4.69) is 20.4 Å². The van der Waals surface area contributed by atoms with Gasteiger partial charge in [0.1, 0.15) is 11.4 Å². The molecule has 1 amide bonds. The number of anilines is 1. The third kappa shape index (κ3) is 4.26. The van der Waals surface area contributed by atoms with Crippen molar-refractivity contribution in [1.29, 1.82) is 0 Å². The highest BCUT2D eigenvalue weighted by Crippen LogP contribution is 2.31. The number of aromatic nitrogens is 4. The van der Waals surface area contributed by atoms with E-state index in [1.54, 1.807) is 35.4 Å². The molecule has 0 spiro atoms. The fourth-order valence-corrected chi connectivity index (χ4v) is 4.25. The first-order valence-electron chi connectivity index (χ1n) is 10.1. The minimum absolute atomic E-state index is 0.280. The molecule has 0 saturated heterocycles. The SMILES string of the molecule is O=C(Nc1ccnn1Cc1ccccc1)c1oc2ccccc2c1CSc1ncccn1. The van der Waals surface area contributed by atoms with Crippen LogP contribution < -0.4 is 5.32 Å². The molecule has 0 aliphatic heterocycles. The number of amides is 1. The van der Waals surface area contributed by atoms with Crippen LogP contribution in [0.25, 0.3) is 11.0 Å². The van der Waals surface area contributed by atoms with Gasteiger partial charge in [0.05, 0.1) is 12.7 Å². The quantitative estimate of drug-likeness (QED) is 0.282. The molecule has 0 radical (unpaired) electrons. The van der Waals surface area contributed by atoms with Crippen molar-refractivity contribution in [3.8, 4) is 0 Å². The summed E-state index contributed by atoms with van der Waals surface area (Å²) in [5.74, 6) is 1.07. The van der Waals surface area contributed by atoms with Crippen molar-refractivity contribution in [3.05, 3.63) is 102 Å². The summed E-state index contributed by atoms with van der Waals surface area (Å²) in [5.41, 5.74) is 2.57. The smallest absolute Gasteiger partial charge is 0.292 e.